The number of furan rings is 1. The highest BCUT2D eigenvalue weighted by molar-refractivity contribution is 6.24. The van der Waals surface area contributed by atoms with Gasteiger partial charge < -0.3 is 13.4 Å². The summed E-state index contributed by atoms with van der Waals surface area (Å²) in [5.41, 5.74) is 12.9. The number of hydrogen-bond acceptors (Lipinski definition) is 6. The van der Waals surface area contributed by atoms with Gasteiger partial charge in [0, 0.05) is 54.6 Å². The van der Waals surface area contributed by atoms with Crippen molar-refractivity contribution in [3.63, 3.8) is 0 Å². The number of oxazole rings is 1. The molecule has 0 bridgehead atoms. The number of para-hydroxylation sites is 5. The summed E-state index contributed by atoms with van der Waals surface area (Å²) in [6.07, 6.45) is 0. The molecule has 5 heterocycles. The van der Waals surface area contributed by atoms with Crippen LogP contribution < -0.4 is 0 Å². The average Bonchev–Trinajstić information content (AvgIpc) is 4.16. The van der Waals surface area contributed by atoms with E-state index < -0.39 is 0 Å². The molecule has 0 saturated heterocycles. The lowest BCUT2D eigenvalue weighted by Gasteiger charge is -2.13. The van der Waals surface area contributed by atoms with Gasteiger partial charge >= 0.3 is 0 Å². The Morgan fingerprint density at radius 1 is 0.333 bits per heavy atom. The van der Waals surface area contributed by atoms with E-state index in [1.54, 1.807) is 0 Å². The number of nitrogens with zero attached hydrogens (tertiary/aromatic N) is 6. The fourth-order valence-corrected chi connectivity index (χ4v) is 9.86. The molecule has 0 aliphatic rings. The molecule has 308 valence electrons. The number of fused-ring (bicyclic) bond motifs is 11. The number of hydrogen-bond donors (Lipinski definition) is 0. The van der Waals surface area contributed by atoms with Gasteiger partial charge in [-0.1, -0.05) is 164 Å². The van der Waals surface area contributed by atoms with Gasteiger partial charge in [0.1, 0.15) is 16.7 Å². The smallest absolute Gasteiger partial charge is 0.238 e. The number of benzene rings is 9. The summed E-state index contributed by atoms with van der Waals surface area (Å²) in [6.45, 7) is 0. The van der Waals surface area contributed by atoms with Gasteiger partial charge in [0.15, 0.2) is 17.2 Å². The van der Waals surface area contributed by atoms with Crippen LogP contribution in [-0.2, 0) is 0 Å². The van der Waals surface area contributed by atoms with Crippen molar-refractivity contribution in [2.24, 2.45) is 0 Å². The van der Waals surface area contributed by atoms with Crippen LogP contribution in [0.5, 0.6) is 0 Å². The summed E-state index contributed by atoms with van der Waals surface area (Å²) in [7, 11) is 0. The highest BCUT2D eigenvalue weighted by Crippen LogP contribution is 2.43. The fourth-order valence-electron chi connectivity index (χ4n) is 9.86. The molecule has 8 nitrogen and oxygen atoms in total. The van der Waals surface area contributed by atoms with Crippen LogP contribution in [0.25, 0.3) is 134 Å². The highest BCUT2D eigenvalue weighted by Gasteiger charge is 2.25. The van der Waals surface area contributed by atoms with E-state index >= 15 is 0 Å². The van der Waals surface area contributed by atoms with E-state index in [0.29, 0.717) is 29.1 Å². The van der Waals surface area contributed by atoms with Crippen LogP contribution in [0.4, 0.5) is 0 Å². The van der Waals surface area contributed by atoms with E-state index in [-0.39, 0.29) is 0 Å². The Labute approximate surface area is 376 Å². The molecule has 0 N–H and O–H groups in total. The van der Waals surface area contributed by atoms with Crippen molar-refractivity contribution in [3.8, 4) is 57.0 Å². The Balaban J connectivity index is 0.990. The molecule has 5 aromatic heterocycles. The normalized spacial score (nSPS) is 11.9. The third kappa shape index (κ3) is 5.45. The first-order valence-electron chi connectivity index (χ1n) is 22.0. The van der Waals surface area contributed by atoms with Crippen LogP contribution in [0.2, 0.25) is 0 Å². The first kappa shape index (κ1) is 36.4. The molecule has 66 heavy (non-hydrogen) atoms. The maximum Gasteiger partial charge on any atom is 0.238 e. The van der Waals surface area contributed by atoms with Gasteiger partial charge in [-0.05, 0) is 48.0 Å². The van der Waals surface area contributed by atoms with Gasteiger partial charge in [-0.25, -0.2) is 9.97 Å². The van der Waals surface area contributed by atoms with Gasteiger partial charge in [0.2, 0.25) is 11.8 Å². The van der Waals surface area contributed by atoms with Gasteiger partial charge in [0.25, 0.3) is 0 Å². The highest BCUT2D eigenvalue weighted by atomic mass is 16.3. The molecular formula is C58H34N6O2. The van der Waals surface area contributed by atoms with E-state index in [1.165, 1.54) is 0 Å². The van der Waals surface area contributed by atoms with E-state index in [1.807, 2.05) is 84.9 Å². The molecule has 0 saturated carbocycles. The predicted molar refractivity (Wildman–Crippen MR) is 265 cm³/mol. The van der Waals surface area contributed by atoms with Gasteiger partial charge in [-0.2, -0.15) is 9.97 Å². The van der Waals surface area contributed by atoms with Crippen LogP contribution >= 0.6 is 0 Å². The monoisotopic (exact) mass is 846 g/mol. The van der Waals surface area contributed by atoms with Gasteiger partial charge in [0.05, 0.1) is 27.8 Å². The molecule has 0 radical (unpaired) electrons. The third-order valence-corrected chi connectivity index (χ3v) is 12.8. The zero-order chi connectivity index (χ0) is 43.3. The third-order valence-electron chi connectivity index (χ3n) is 12.8. The zero-order valence-electron chi connectivity index (χ0n) is 35.1. The topological polar surface area (TPSA) is 87.7 Å². The van der Waals surface area contributed by atoms with Crippen LogP contribution in [0.15, 0.2) is 215 Å². The summed E-state index contributed by atoms with van der Waals surface area (Å²) >= 11 is 0. The lowest BCUT2D eigenvalue weighted by Crippen LogP contribution is -2.07. The predicted octanol–water partition coefficient (Wildman–Crippen LogP) is 14.8. The first-order valence-corrected chi connectivity index (χ1v) is 22.0. The molecule has 8 heteroatoms. The van der Waals surface area contributed by atoms with E-state index in [2.05, 4.69) is 130 Å². The number of aromatic nitrogens is 6. The minimum absolute atomic E-state index is 0.526. The first-order chi connectivity index (χ1) is 32.7. The van der Waals surface area contributed by atoms with Crippen molar-refractivity contribution >= 4 is 76.6 Å². The summed E-state index contributed by atoms with van der Waals surface area (Å²) < 4.78 is 17.8. The SMILES string of the molecule is c1ccc(-c2nc(-c3ccccc3)nc(-n3c4ccccc4c4ccc5c6ccccc6n(-c6cccc7nc(-c8ccc(-c9cccc%10c9oc9ccccc9%10)cc8)oc67)c5c43)n2)cc1. The Kier molecular flexibility index (Phi) is 7.81. The van der Waals surface area contributed by atoms with Crippen LogP contribution in [0.3, 0.4) is 0 Å². The maximum absolute atomic E-state index is 6.89. The van der Waals surface area contributed by atoms with E-state index in [9.17, 15) is 0 Å². The Hall–Kier alpha value is -9.14. The molecule has 0 unspecified atom stereocenters. The van der Waals surface area contributed by atoms with E-state index in [0.717, 1.165) is 105 Å². The van der Waals surface area contributed by atoms with Gasteiger partial charge in [-0.3, -0.25) is 4.57 Å². The lowest BCUT2D eigenvalue weighted by molar-refractivity contribution is 0.618. The molecule has 0 spiro atoms. The minimum atomic E-state index is 0.526. The molecule has 0 aliphatic heterocycles. The fraction of sp³-hybridized carbons (Fsp3) is 0. The second kappa shape index (κ2) is 14.2. The largest absolute Gasteiger partial charge is 0.455 e. The Morgan fingerprint density at radius 3 is 1.59 bits per heavy atom. The van der Waals surface area contributed by atoms with E-state index in [4.69, 9.17) is 28.8 Å². The van der Waals surface area contributed by atoms with Crippen molar-refractivity contribution < 1.29 is 8.83 Å². The van der Waals surface area contributed by atoms with Crippen molar-refractivity contribution in [1.29, 1.82) is 0 Å². The van der Waals surface area contributed by atoms with Crippen LogP contribution in [0, 0.1) is 0 Å². The van der Waals surface area contributed by atoms with Crippen molar-refractivity contribution in [3.05, 3.63) is 206 Å². The quantitative estimate of drug-likeness (QED) is 0.166. The molecule has 14 rings (SSSR count). The molecule has 9 aromatic carbocycles. The standard InChI is InChI=1S/C58H34N6O2/c1-3-15-36(16-4-1)55-60-56(37-17-5-2-6-18-37)62-58(61-55)64-48-26-11-8-20-41(48)44-34-33-43-40-19-7-10-25-47(40)63(51(43)52(44)64)49-27-14-24-46-54(49)66-57(59-46)38-31-29-35(30-32-38)39-22-13-23-45-42-21-9-12-28-50(42)65-53(39)45/h1-34H. The van der Waals surface area contributed by atoms with Crippen LogP contribution in [0.1, 0.15) is 0 Å². The van der Waals surface area contributed by atoms with Crippen molar-refractivity contribution in [1.82, 2.24) is 29.1 Å². The second-order valence-electron chi connectivity index (χ2n) is 16.6. The van der Waals surface area contributed by atoms with Gasteiger partial charge in [-0.15, -0.1) is 0 Å². The average molecular weight is 847 g/mol. The summed E-state index contributed by atoms with van der Waals surface area (Å²) in [6, 6.07) is 70.8. The molecule has 0 amide bonds. The second-order valence-corrected chi connectivity index (χ2v) is 16.6. The molecule has 0 atom stereocenters. The summed E-state index contributed by atoms with van der Waals surface area (Å²) in [5, 5.41) is 6.59. The van der Waals surface area contributed by atoms with Crippen molar-refractivity contribution in [2.45, 2.75) is 0 Å². The Morgan fingerprint density at radius 2 is 0.894 bits per heavy atom. The molecule has 14 aromatic rings. The maximum atomic E-state index is 6.89. The zero-order valence-corrected chi connectivity index (χ0v) is 35.1. The molecular weight excluding hydrogens is 813 g/mol. The minimum Gasteiger partial charge on any atom is -0.455 e. The Bertz CT molecular complexity index is 4160. The summed E-state index contributed by atoms with van der Waals surface area (Å²) in [4.78, 5) is 20.7. The molecule has 0 fully saturated rings. The van der Waals surface area contributed by atoms with Crippen molar-refractivity contribution in [2.75, 3.05) is 0 Å². The molecule has 0 aliphatic carbocycles. The number of rotatable bonds is 6. The summed E-state index contributed by atoms with van der Waals surface area (Å²) in [5.74, 6) is 2.25. The lowest BCUT2D eigenvalue weighted by atomic mass is 10.0. The van der Waals surface area contributed by atoms with Crippen LogP contribution in [-0.4, -0.2) is 29.1 Å².